The Morgan fingerprint density at radius 1 is 1.40 bits per heavy atom. The average molecular weight is 349 g/mol. The van der Waals surface area contributed by atoms with Gasteiger partial charge in [-0.25, -0.2) is 4.79 Å². The van der Waals surface area contributed by atoms with Crippen molar-refractivity contribution in [3.63, 3.8) is 0 Å². The van der Waals surface area contributed by atoms with Gasteiger partial charge >= 0.3 is 6.09 Å². The summed E-state index contributed by atoms with van der Waals surface area (Å²) < 4.78 is 11.4. The number of nitrogens with zero attached hydrogens (tertiary/aromatic N) is 2. The van der Waals surface area contributed by atoms with Crippen molar-refractivity contribution in [1.29, 1.82) is 0 Å². The molecule has 0 bridgehead atoms. The van der Waals surface area contributed by atoms with E-state index >= 15 is 0 Å². The summed E-state index contributed by atoms with van der Waals surface area (Å²) in [5.41, 5.74) is 0.481. The van der Waals surface area contributed by atoms with Gasteiger partial charge in [-0.05, 0) is 40.0 Å². The van der Waals surface area contributed by atoms with E-state index in [1.54, 1.807) is 17.3 Å². The van der Waals surface area contributed by atoms with E-state index < -0.39 is 5.60 Å². The van der Waals surface area contributed by atoms with E-state index in [9.17, 15) is 4.79 Å². The number of aromatic nitrogens is 1. The zero-order chi connectivity index (χ0) is 18.3. The van der Waals surface area contributed by atoms with Crippen molar-refractivity contribution in [3.05, 3.63) is 18.5 Å². The number of pyridine rings is 1. The first-order valence-electron chi connectivity index (χ1n) is 9.20. The Bertz CT molecular complexity index is 557. The first-order chi connectivity index (χ1) is 11.9. The number of likely N-dealkylation sites (tertiary alicyclic amines) is 1. The van der Waals surface area contributed by atoms with Gasteiger partial charge in [0.05, 0.1) is 24.1 Å². The van der Waals surface area contributed by atoms with E-state index in [1.807, 2.05) is 26.8 Å². The molecule has 140 valence electrons. The van der Waals surface area contributed by atoms with Gasteiger partial charge in [0.2, 0.25) is 0 Å². The molecule has 1 aromatic heterocycles. The predicted molar refractivity (Wildman–Crippen MR) is 99.1 cm³/mol. The molecule has 25 heavy (non-hydrogen) atoms. The Morgan fingerprint density at radius 3 is 2.92 bits per heavy atom. The highest BCUT2D eigenvalue weighted by molar-refractivity contribution is 5.69. The second-order valence-electron chi connectivity index (χ2n) is 7.47. The number of rotatable bonds is 7. The van der Waals surface area contributed by atoms with Crippen molar-refractivity contribution >= 4 is 11.8 Å². The maximum absolute atomic E-state index is 12.3. The SMILES string of the molecule is CCCCNc1cncc(OC[C@@H]2CCCN2C(=O)OC(C)(C)C)c1. The lowest BCUT2D eigenvalue weighted by molar-refractivity contribution is 0.0187. The van der Waals surface area contributed by atoms with Crippen molar-refractivity contribution in [3.8, 4) is 5.75 Å². The molecule has 1 N–H and O–H groups in total. The Kier molecular flexibility index (Phi) is 6.91. The molecule has 0 spiro atoms. The van der Waals surface area contributed by atoms with Gasteiger partial charge < -0.3 is 19.7 Å². The highest BCUT2D eigenvalue weighted by atomic mass is 16.6. The zero-order valence-corrected chi connectivity index (χ0v) is 15.9. The normalized spacial score (nSPS) is 17.4. The monoisotopic (exact) mass is 349 g/mol. The van der Waals surface area contributed by atoms with Crippen LogP contribution in [0.1, 0.15) is 53.4 Å². The molecular formula is C19H31N3O3. The molecule has 1 amide bonds. The van der Waals surface area contributed by atoms with Crippen LogP contribution in [0.3, 0.4) is 0 Å². The van der Waals surface area contributed by atoms with E-state index in [4.69, 9.17) is 9.47 Å². The number of carbonyl (C=O) groups excluding carboxylic acids is 1. The number of anilines is 1. The van der Waals surface area contributed by atoms with Gasteiger partial charge in [0.15, 0.2) is 0 Å². The number of carbonyl (C=O) groups is 1. The van der Waals surface area contributed by atoms with Gasteiger partial charge in [-0.15, -0.1) is 0 Å². The van der Waals surface area contributed by atoms with E-state index in [0.717, 1.165) is 50.2 Å². The van der Waals surface area contributed by atoms with Gasteiger partial charge in [0.1, 0.15) is 18.0 Å². The summed E-state index contributed by atoms with van der Waals surface area (Å²) in [7, 11) is 0. The Morgan fingerprint density at radius 2 is 2.20 bits per heavy atom. The van der Waals surface area contributed by atoms with Crippen molar-refractivity contribution in [1.82, 2.24) is 9.88 Å². The third kappa shape index (κ3) is 6.44. The maximum atomic E-state index is 12.3. The van der Waals surface area contributed by atoms with Crippen LogP contribution in [0.25, 0.3) is 0 Å². The van der Waals surface area contributed by atoms with Crippen LogP contribution in [0.4, 0.5) is 10.5 Å². The minimum atomic E-state index is -0.479. The minimum Gasteiger partial charge on any atom is -0.490 e. The topological polar surface area (TPSA) is 63.7 Å². The van der Waals surface area contributed by atoms with Crippen molar-refractivity contribution < 1.29 is 14.3 Å². The largest absolute Gasteiger partial charge is 0.490 e. The molecule has 0 radical (unpaired) electrons. The first kappa shape index (κ1) is 19.3. The Labute approximate surface area is 150 Å². The summed E-state index contributed by atoms with van der Waals surface area (Å²) in [5, 5.41) is 3.34. The first-order valence-corrected chi connectivity index (χ1v) is 9.20. The molecule has 1 atom stereocenters. The molecule has 1 aliphatic rings. The van der Waals surface area contributed by atoms with Crippen LogP contribution >= 0.6 is 0 Å². The lowest BCUT2D eigenvalue weighted by Crippen LogP contribution is -2.42. The summed E-state index contributed by atoms with van der Waals surface area (Å²) >= 11 is 0. The Balaban J connectivity index is 1.87. The van der Waals surface area contributed by atoms with Gasteiger partial charge in [-0.2, -0.15) is 0 Å². The predicted octanol–water partition coefficient (Wildman–Crippen LogP) is 4.07. The van der Waals surface area contributed by atoms with Crippen LogP contribution in [0.15, 0.2) is 18.5 Å². The van der Waals surface area contributed by atoms with E-state index in [-0.39, 0.29) is 12.1 Å². The van der Waals surface area contributed by atoms with Crippen molar-refractivity contribution in [2.24, 2.45) is 0 Å². The van der Waals surface area contributed by atoms with Crippen LogP contribution in [0, 0.1) is 0 Å². The summed E-state index contributed by atoms with van der Waals surface area (Å²) in [4.78, 5) is 18.3. The molecule has 1 saturated heterocycles. The standard InChI is InChI=1S/C19H31N3O3/c1-5-6-9-21-15-11-17(13-20-12-15)24-14-16-8-7-10-22(16)18(23)25-19(2,3)4/h11-13,16,21H,5-10,14H2,1-4H3/t16-/m0/s1. The third-order valence-corrected chi connectivity index (χ3v) is 4.02. The number of amides is 1. The second-order valence-corrected chi connectivity index (χ2v) is 7.47. The number of hydrogen-bond donors (Lipinski definition) is 1. The molecule has 0 aliphatic carbocycles. The van der Waals surface area contributed by atoms with E-state index in [1.165, 1.54) is 0 Å². The fourth-order valence-corrected chi connectivity index (χ4v) is 2.77. The second kappa shape index (κ2) is 8.92. The van der Waals surface area contributed by atoms with Gasteiger partial charge in [-0.3, -0.25) is 4.98 Å². The lowest BCUT2D eigenvalue weighted by atomic mass is 10.2. The number of nitrogens with one attached hydrogen (secondary N) is 1. The minimum absolute atomic E-state index is 0.0477. The molecule has 0 saturated carbocycles. The number of unbranched alkanes of at least 4 members (excludes halogenated alkanes) is 1. The smallest absolute Gasteiger partial charge is 0.410 e. The van der Waals surface area contributed by atoms with Gasteiger partial charge in [0.25, 0.3) is 0 Å². The zero-order valence-electron chi connectivity index (χ0n) is 15.9. The molecule has 1 aromatic rings. The lowest BCUT2D eigenvalue weighted by Gasteiger charge is -2.28. The molecule has 0 aromatic carbocycles. The third-order valence-electron chi connectivity index (χ3n) is 4.02. The summed E-state index contributed by atoms with van der Waals surface area (Å²) in [6, 6.07) is 2.00. The van der Waals surface area contributed by atoms with Gasteiger partial charge in [-0.1, -0.05) is 13.3 Å². The molecule has 2 heterocycles. The molecule has 1 fully saturated rings. The van der Waals surface area contributed by atoms with Crippen LogP contribution in [-0.4, -0.2) is 47.3 Å². The summed E-state index contributed by atoms with van der Waals surface area (Å²) in [5.74, 6) is 0.720. The fourth-order valence-electron chi connectivity index (χ4n) is 2.77. The quantitative estimate of drug-likeness (QED) is 0.752. The average Bonchev–Trinajstić information content (AvgIpc) is 3.01. The molecular weight excluding hydrogens is 318 g/mol. The molecule has 6 nitrogen and oxygen atoms in total. The maximum Gasteiger partial charge on any atom is 0.410 e. The van der Waals surface area contributed by atoms with Crippen LogP contribution < -0.4 is 10.1 Å². The fraction of sp³-hybridized carbons (Fsp3) is 0.684. The molecule has 0 unspecified atom stereocenters. The highest BCUT2D eigenvalue weighted by Gasteiger charge is 2.32. The van der Waals surface area contributed by atoms with Gasteiger partial charge in [0, 0.05) is 19.2 Å². The van der Waals surface area contributed by atoms with Crippen LogP contribution in [0.5, 0.6) is 5.75 Å². The van der Waals surface area contributed by atoms with E-state index in [0.29, 0.717) is 6.61 Å². The molecule has 2 rings (SSSR count). The summed E-state index contributed by atoms with van der Waals surface area (Å²) in [6.07, 6.45) is 7.43. The highest BCUT2D eigenvalue weighted by Crippen LogP contribution is 2.22. The molecule has 6 heteroatoms. The number of hydrogen-bond acceptors (Lipinski definition) is 5. The van der Waals surface area contributed by atoms with E-state index in [2.05, 4.69) is 17.2 Å². The van der Waals surface area contributed by atoms with Crippen molar-refractivity contribution in [2.45, 2.75) is 65.0 Å². The molecule has 1 aliphatic heterocycles. The van der Waals surface area contributed by atoms with Crippen LogP contribution in [-0.2, 0) is 4.74 Å². The Hall–Kier alpha value is -1.98. The summed E-state index contributed by atoms with van der Waals surface area (Å²) in [6.45, 7) is 9.92. The van der Waals surface area contributed by atoms with Crippen molar-refractivity contribution in [2.75, 3.05) is 25.0 Å². The van der Waals surface area contributed by atoms with Crippen LogP contribution in [0.2, 0.25) is 0 Å². The number of ether oxygens (including phenoxy) is 2.